The number of nitrogens with zero attached hydrogens (tertiary/aromatic N) is 1. The zero-order valence-electron chi connectivity index (χ0n) is 16.4. The fourth-order valence-electron chi connectivity index (χ4n) is 3.79. The van der Waals surface area contributed by atoms with E-state index in [-0.39, 0.29) is 23.0 Å². The summed E-state index contributed by atoms with van der Waals surface area (Å²) in [7, 11) is -1.06. The lowest BCUT2D eigenvalue weighted by Gasteiger charge is -2.43. The van der Waals surface area contributed by atoms with Crippen molar-refractivity contribution in [2.24, 2.45) is 5.92 Å². The van der Waals surface area contributed by atoms with E-state index in [2.05, 4.69) is 78.9 Å². The number of alkyl halides is 1. The SMILES string of the molecule is CC1O[C@H]([C@H](C2CC2)N(Cc2ccccc2)[S@@](=O)C(C)(C)C)CCC1I. The highest BCUT2D eigenvalue weighted by atomic mass is 127. The van der Waals surface area contributed by atoms with Gasteiger partial charge in [0, 0.05) is 10.5 Å². The predicted molar refractivity (Wildman–Crippen MR) is 118 cm³/mol. The molecule has 5 heteroatoms. The molecular weight excluding hydrogens is 457 g/mol. The minimum Gasteiger partial charge on any atom is -0.373 e. The lowest BCUT2D eigenvalue weighted by molar-refractivity contribution is -0.0689. The van der Waals surface area contributed by atoms with Crippen LogP contribution in [0.15, 0.2) is 30.3 Å². The van der Waals surface area contributed by atoms with Gasteiger partial charge in [-0.2, -0.15) is 0 Å². The monoisotopic (exact) mass is 489 g/mol. The second-order valence-corrected chi connectivity index (χ2v) is 12.5. The van der Waals surface area contributed by atoms with E-state index in [4.69, 9.17) is 4.74 Å². The summed E-state index contributed by atoms with van der Waals surface area (Å²) < 4.78 is 22.5. The van der Waals surface area contributed by atoms with Gasteiger partial charge in [0.2, 0.25) is 0 Å². The van der Waals surface area contributed by atoms with E-state index in [1.54, 1.807) is 0 Å². The molecular formula is C21H32INO2S. The van der Waals surface area contributed by atoms with Gasteiger partial charge < -0.3 is 4.74 Å². The molecule has 2 unspecified atom stereocenters. The van der Waals surface area contributed by atoms with Crippen LogP contribution < -0.4 is 0 Å². The summed E-state index contributed by atoms with van der Waals surface area (Å²) in [6, 6.07) is 10.7. The summed E-state index contributed by atoms with van der Waals surface area (Å²) in [6.45, 7) is 9.16. The van der Waals surface area contributed by atoms with Crippen LogP contribution in [0.5, 0.6) is 0 Å². The summed E-state index contributed by atoms with van der Waals surface area (Å²) in [4.78, 5) is 0. The molecule has 1 aromatic rings. The van der Waals surface area contributed by atoms with Crippen molar-refractivity contribution in [2.45, 2.75) is 86.8 Å². The zero-order valence-corrected chi connectivity index (χ0v) is 19.3. The fraction of sp³-hybridized carbons (Fsp3) is 0.714. The quantitative estimate of drug-likeness (QED) is 0.411. The summed E-state index contributed by atoms with van der Waals surface area (Å²) >= 11 is 2.51. The molecule has 0 aromatic heterocycles. The maximum Gasteiger partial charge on any atom is 0.100 e. The molecule has 26 heavy (non-hydrogen) atoms. The highest BCUT2D eigenvalue weighted by Crippen LogP contribution is 2.43. The molecule has 2 fully saturated rings. The van der Waals surface area contributed by atoms with Gasteiger partial charge in [0.25, 0.3) is 0 Å². The average Bonchev–Trinajstić information content (AvgIpc) is 3.42. The number of benzene rings is 1. The van der Waals surface area contributed by atoms with Crippen molar-refractivity contribution in [1.29, 1.82) is 0 Å². The van der Waals surface area contributed by atoms with Gasteiger partial charge in [-0.05, 0) is 64.9 Å². The van der Waals surface area contributed by atoms with Crippen LogP contribution in [-0.4, -0.2) is 35.4 Å². The first kappa shape index (κ1) is 20.7. The first-order valence-corrected chi connectivity index (χ1v) is 12.1. The van der Waals surface area contributed by atoms with Crippen molar-refractivity contribution in [2.75, 3.05) is 0 Å². The van der Waals surface area contributed by atoms with Gasteiger partial charge in [-0.1, -0.05) is 52.9 Å². The Morgan fingerprint density at radius 1 is 1.19 bits per heavy atom. The maximum atomic E-state index is 13.5. The van der Waals surface area contributed by atoms with E-state index < -0.39 is 11.0 Å². The molecule has 0 N–H and O–H groups in total. The molecule has 1 saturated heterocycles. The second kappa shape index (κ2) is 8.58. The van der Waals surface area contributed by atoms with E-state index >= 15 is 0 Å². The Bertz CT molecular complexity index is 614. The Hall–Kier alpha value is 0.0200. The van der Waals surface area contributed by atoms with Crippen LogP contribution in [0.1, 0.15) is 58.9 Å². The lowest BCUT2D eigenvalue weighted by atomic mass is 9.96. The molecule has 0 amide bonds. The second-order valence-electron chi connectivity index (χ2n) is 8.72. The van der Waals surface area contributed by atoms with Gasteiger partial charge in [0.15, 0.2) is 0 Å². The molecule has 1 aliphatic carbocycles. The molecule has 1 saturated carbocycles. The molecule has 146 valence electrons. The smallest absolute Gasteiger partial charge is 0.100 e. The highest BCUT2D eigenvalue weighted by molar-refractivity contribution is 14.1. The van der Waals surface area contributed by atoms with Crippen LogP contribution in [0.3, 0.4) is 0 Å². The molecule has 1 heterocycles. The van der Waals surface area contributed by atoms with Crippen LogP contribution in [0.4, 0.5) is 0 Å². The Morgan fingerprint density at radius 3 is 2.38 bits per heavy atom. The maximum absolute atomic E-state index is 13.5. The minimum atomic E-state index is -1.06. The first-order chi connectivity index (χ1) is 12.3. The van der Waals surface area contributed by atoms with Gasteiger partial charge >= 0.3 is 0 Å². The Labute approximate surface area is 175 Å². The number of halogens is 1. The summed E-state index contributed by atoms with van der Waals surface area (Å²) in [5, 5.41) is 0. The van der Waals surface area contributed by atoms with E-state index in [0.29, 0.717) is 9.84 Å². The molecule has 0 spiro atoms. The normalized spacial score (nSPS) is 29.5. The van der Waals surface area contributed by atoms with Gasteiger partial charge in [-0.25, -0.2) is 8.51 Å². The number of hydrogen-bond acceptors (Lipinski definition) is 2. The van der Waals surface area contributed by atoms with Gasteiger partial charge in [0.05, 0.1) is 23.0 Å². The predicted octanol–water partition coefficient (Wildman–Crippen LogP) is 5.10. The van der Waals surface area contributed by atoms with Crippen molar-refractivity contribution >= 4 is 33.6 Å². The molecule has 3 nitrogen and oxygen atoms in total. The van der Waals surface area contributed by atoms with Crippen LogP contribution in [0, 0.1) is 5.92 Å². The van der Waals surface area contributed by atoms with Crippen LogP contribution in [0.2, 0.25) is 0 Å². The van der Waals surface area contributed by atoms with Crippen molar-refractivity contribution in [1.82, 2.24) is 4.31 Å². The molecule has 5 atom stereocenters. The van der Waals surface area contributed by atoms with E-state index in [1.807, 2.05) is 6.07 Å². The fourth-order valence-corrected chi connectivity index (χ4v) is 5.82. The number of ether oxygens (including phenoxy) is 1. The van der Waals surface area contributed by atoms with E-state index in [1.165, 1.54) is 24.8 Å². The van der Waals surface area contributed by atoms with Gasteiger partial charge in [-0.15, -0.1) is 0 Å². The summed E-state index contributed by atoms with van der Waals surface area (Å²) in [5.74, 6) is 0.618. The van der Waals surface area contributed by atoms with Crippen molar-refractivity contribution in [3.63, 3.8) is 0 Å². The molecule has 1 aliphatic heterocycles. The Morgan fingerprint density at radius 2 is 1.85 bits per heavy atom. The van der Waals surface area contributed by atoms with Crippen molar-refractivity contribution < 1.29 is 8.95 Å². The Balaban J connectivity index is 1.88. The van der Waals surface area contributed by atoms with E-state index in [0.717, 1.165) is 13.0 Å². The zero-order chi connectivity index (χ0) is 18.9. The number of rotatable bonds is 6. The van der Waals surface area contributed by atoms with Crippen LogP contribution in [-0.2, 0) is 22.3 Å². The Kier molecular flexibility index (Phi) is 6.85. The topological polar surface area (TPSA) is 29.5 Å². The standard InChI is InChI=1S/C21H32INO2S/c1-15-18(22)12-13-19(25-15)20(17-10-11-17)23(26(24)21(2,3)4)14-16-8-6-5-7-9-16/h5-9,15,17-20H,10-14H2,1-4H3/t15?,18?,19-,20-,26-/m0/s1. The largest absolute Gasteiger partial charge is 0.373 e. The van der Waals surface area contributed by atoms with Crippen molar-refractivity contribution in [3.05, 3.63) is 35.9 Å². The highest BCUT2D eigenvalue weighted by Gasteiger charge is 2.46. The minimum absolute atomic E-state index is 0.193. The summed E-state index contributed by atoms with van der Waals surface area (Å²) in [6.07, 6.45) is 5.21. The first-order valence-electron chi connectivity index (χ1n) is 9.79. The molecule has 0 bridgehead atoms. The third-order valence-electron chi connectivity index (χ3n) is 5.36. The average molecular weight is 489 g/mol. The third-order valence-corrected chi connectivity index (χ3v) is 8.84. The molecule has 0 radical (unpaired) electrons. The van der Waals surface area contributed by atoms with Crippen molar-refractivity contribution in [3.8, 4) is 0 Å². The third kappa shape index (κ3) is 5.09. The summed E-state index contributed by atoms with van der Waals surface area (Å²) in [5.41, 5.74) is 1.23. The van der Waals surface area contributed by atoms with E-state index in [9.17, 15) is 4.21 Å². The van der Waals surface area contributed by atoms with Gasteiger partial charge in [0.1, 0.15) is 11.0 Å². The van der Waals surface area contributed by atoms with Gasteiger partial charge in [-0.3, -0.25) is 0 Å². The molecule has 3 rings (SSSR count). The number of hydrogen-bond donors (Lipinski definition) is 0. The molecule has 2 aliphatic rings. The lowest BCUT2D eigenvalue weighted by Crippen LogP contribution is -2.53. The van der Waals surface area contributed by atoms with Crippen LogP contribution in [0.25, 0.3) is 0 Å². The molecule has 1 aromatic carbocycles. The van der Waals surface area contributed by atoms with Crippen LogP contribution >= 0.6 is 22.6 Å².